The van der Waals surface area contributed by atoms with E-state index in [4.69, 9.17) is 0 Å². The first-order chi connectivity index (χ1) is 5.25. The zero-order valence-corrected chi connectivity index (χ0v) is 6.37. The van der Waals surface area contributed by atoms with Crippen molar-refractivity contribution in [2.24, 2.45) is 0 Å². The number of hydrogen-bond donors (Lipinski definition) is 1. The third kappa shape index (κ3) is 1.58. The van der Waals surface area contributed by atoms with Crippen molar-refractivity contribution in [3.05, 3.63) is 29.3 Å². The van der Waals surface area contributed by atoms with Crippen LogP contribution in [0.1, 0.15) is 11.1 Å². The molecule has 0 fully saturated rings. The summed E-state index contributed by atoms with van der Waals surface area (Å²) in [7, 11) is 0. The van der Waals surface area contributed by atoms with Crippen LogP contribution in [0.25, 0.3) is 0 Å². The van der Waals surface area contributed by atoms with E-state index < -0.39 is 0 Å². The number of aldehydes is 1. The monoisotopic (exact) mass is 150 g/mol. The van der Waals surface area contributed by atoms with Gasteiger partial charge in [-0.05, 0) is 12.5 Å². The smallest absolute Gasteiger partial charge is 0.124 e. The molecule has 0 aliphatic heterocycles. The second-order valence-electron chi connectivity index (χ2n) is 2.45. The van der Waals surface area contributed by atoms with Crippen molar-refractivity contribution >= 4 is 6.29 Å². The van der Waals surface area contributed by atoms with Crippen LogP contribution in [0, 0.1) is 6.92 Å². The number of benzene rings is 1. The number of phenolic OH excluding ortho intramolecular Hbond substituents is 1. The summed E-state index contributed by atoms with van der Waals surface area (Å²) in [6.45, 7) is 1.81. The Labute approximate surface area is 65.5 Å². The zero-order valence-electron chi connectivity index (χ0n) is 6.37. The van der Waals surface area contributed by atoms with E-state index >= 15 is 0 Å². The van der Waals surface area contributed by atoms with Crippen molar-refractivity contribution < 1.29 is 9.90 Å². The van der Waals surface area contributed by atoms with E-state index in [1.54, 1.807) is 6.07 Å². The summed E-state index contributed by atoms with van der Waals surface area (Å²) in [5.41, 5.74) is 1.50. The number of rotatable bonds is 2. The van der Waals surface area contributed by atoms with Gasteiger partial charge in [0, 0.05) is 12.0 Å². The third-order valence-corrected chi connectivity index (χ3v) is 1.62. The average molecular weight is 150 g/mol. The van der Waals surface area contributed by atoms with Crippen LogP contribution in [0.2, 0.25) is 0 Å². The summed E-state index contributed by atoms with van der Waals surface area (Å²) < 4.78 is 0. The van der Waals surface area contributed by atoms with Crippen molar-refractivity contribution in [3.8, 4) is 5.75 Å². The first kappa shape index (κ1) is 7.79. The number of aromatic hydroxyl groups is 1. The highest BCUT2D eigenvalue weighted by atomic mass is 16.3. The molecule has 0 heterocycles. The zero-order chi connectivity index (χ0) is 8.27. The van der Waals surface area contributed by atoms with Gasteiger partial charge >= 0.3 is 0 Å². The molecule has 1 aromatic rings. The molecule has 0 aromatic heterocycles. The molecule has 0 unspecified atom stereocenters. The molecule has 58 valence electrons. The fourth-order valence-electron chi connectivity index (χ4n) is 0.974. The van der Waals surface area contributed by atoms with Crippen LogP contribution < -0.4 is 0 Å². The molecule has 1 aromatic carbocycles. The summed E-state index contributed by atoms with van der Waals surface area (Å²) in [5, 5.41) is 9.37. The quantitative estimate of drug-likeness (QED) is 0.648. The topological polar surface area (TPSA) is 37.3 Å². The van der Waals surface area contributed by atoms with Gasteiger partial charge in [-0.1, -0.05) is 18.2 Å². The van der Waals surface area contributed by atoms with Crippen molar-refractivity contribution in [1.29, 1.82) is 0 Å². The first-order valence-corrected chi connectivity index (χ1v) is 3.47. The van der Waals surface area contributed by atoms with Gasteiger partial charge in [0.25, 0.3) is 0 Å². The fraction of sp³-hybridized carbons (Fsp3) is 0.222. The molecule has 0 saturated heterocycles. The Morgan fingerprint density at radius 3 is 2.91 bits per heavy atom. The molecule has 0 saturated carbocycles. The average Bonchev–Trinajstić information content (AvgIpc) is 1.99. The molecule has 0 radical (unpaired) electrons. The lowest BCUT2D eigenvalue weighted by Crippen LogP contribution is -1.87. The molecule has 1 rings (SSSR count). The van der Waals surface area contributed by atoms with Gasteiger partial charge in [0.1, 0.15) is 12.0 Å². The van der Waals surface area contributed by atoms with E-state index in [2.05, 4.69) is 0 Å². The molecular weight excluding hydrogens is 140 g/mol. The van der Waals surface area contributed by atoms with Crippen LogP contribution in [-0.2, 0) is 11.2 Å². The molecule has 0 aliphatic rings. The first-order valence-electron chi connectivity index (χ1n) is 3.47. The highest BCUT2D eigenvalue weighted by Gasteiger charge is 2.00. The largest absolute Gasteiger partial charge is 0.507 e. The molecule has 1 N–H and O–H groups in total. The van der Waals surface area contributed by atoms with E-state index in [-0.39, 0.29) is 12.2 Å². The van der Waals surface area contributed by atoms with Crippen LogP contribution in [0.4, 0.5) is 0 Å². The van der Waals surface area contributed by atoms with E-state index in [0.29, 0.717) is 5.56 Å². The molecule has 0 bridgehead atoms. The van der Waals surface area contributed by atoms with Crippen LogP contribution in [0.3, 0.4) is 0 Å². The number of phenols is 1. The van der Waals surface area contributed by atoms with Gasteiger partial charge in [-0.15, -0.1) is 0 Å². The summed E-state index contributed by atoms with van der Waals surface area (Å²) in [5.74, 6) is 0.236. The Balaban J connectivity index is 3.05. The second kappa shape index (κ2) is 3.19. The molecule has 2 heteroatoms. The number of carbonyl (C=O) groups excluding carboxylic acids is 1. The van der Waals surface area contributed by atoms with E-state index in [1.165, 1.54) is 0 Å². The lowest BCUT2D eigenvalue weighted by molar-refractivity contribution is -0.107. The molecule has 0 aliphatic carbocycles. The number of para-hydroxylation sites is 1. The van der Waals surface area contributed by atoms with Crippen molar-refractivity contribution in [2.75, 3.05) is 0 Å². The predicted octanol–water partition coefficient (Wildman–Crippen LogP) is 1.44. The molecule has 11 heavy (non-hydrogen) atoms. The summed E-state index contributed by atoms with van der Waals surface area (Å²) in [6, 6.07) is 5.38. The SMILES string of the molecule is Cc1cccc(CC=O)c1O. The third-order valence-electron chi connectivity index (χ3n) is 1.62. The minimum absolute atomic E-state index is 0.236. The van der Waals surface area contributed by atoms with Crippen LogP contribution in [0.5, 0.6) is 5.75 Å². The van der Waals surface area contributed by atoms with Gasteiger partial charge < -0.3 is 9.90 Å². The molecule has 0 amide bonds. The summed E-state index contributed by atoms with van der Waals surface area (Å²) in [4.78, 5) is 10.1. The minimum Gasteiger partial charge on any atom is -0.507 e. The highest BCUT2D eigenvalue weighted by molar-refractivity contribution is 5.58. The Hall–Kier alpha value is -1.31. The van der Waals surface area contributed by atoms with Gasteiger partial charge in [-0.2, -0.15) is 0 Å². The molecule has 0 atom stereocenters. The highest BCUT2D eigenvalue weighted by Crippen LogP contribution is 2.20. The van der Waals surface area contributed by atoms with Gasteiger partial charge in [0.2, 0.25) is 0 Å². The van der Waals surface area contributed by atoms with E-state index in [0.717, 1.165) is 11.8 Å². The lowest BCUT2D eigenvalue weighted by Gasteiger charge is -2.02. The Bertz CT molecular complexity index is 266. The van der Waals surface area contributed by atoms with Crippen molar-refractivity contribution in [1.82, 2.24) is 0 Å². The van der Waals surface area contributed by atoms with E-state index in [9.17, 15) is 9.90 Å². The predicted molar refractivity (Wildman–Crippen MR) is 42.6 cm³/mol. The summed E-state index contributed by atoms with van der Waals surface area (Å²) >= 11 is 0. The van der Waals surface area contributed by atoms with Gasteiger partial charge in [0.15, 0.2) is 0 Å². The number of carbonyl (C=O) groups is 1. The fourth-order valence-corrected chi connectivity index (χ4v) is 0.974. The van der Waals surface area contributed by atoms with E-state index in [1.807, 2.05) is 19.1 Å². The van der Waals surface area contributed by atoms with Crippen LogP contribution in [0.15, 0.2) is 18.2 Å². The Kier molecular flexibility index (Phi) is 2.26. The van der Waals surface area contributed by atoms with Crippen molar-refractivity contribution in [3.63, 3.8) is 0 Å². The minimum atomic E-state index is 0.236. The standard InChI is InChI=1S/C9H10O2/c1-7-3-2-4-8(5-6-10)9(7)11/h2-4,6,11H,5H2,1H3. The molecule has 2 nitrogen and oxygen atoms in total. The molecule has 0 spiro atoms. The maximum atomic E-state index is 10.1. The lowest BCUT2D eigenvalue weighted by atomic mass is 10.1. The van der Waals surface area contributed by atoms with Gasteiger partial charge in [0.05, 0.1) is 0 Å². The second-order valence-corrected chi connectivity index (χ2v) is 2.45. The Morgan fingerprint density at radius 2 is 2.27 bits per heavy atom. The maximum absolute atomic E-state index is 10.1. The Morgan fingerprint density at radius 1 is 1.55 bits per heavy atom. The van der Waals surface area contributed by atoms with Gasteiger partial charge in [-0.25, -0.2) is 0 Å². The van der Waals surface area contributed by atoms with Crippen LogP contribution >= 0.6 is 0 Å². The molecular formula is C9H10O2. The van der Waals surface area contributed by atoms with Gasteiger partial charge in [-0.3, -0.25) is 0 Å². The summed E-state index contributed by atoms with van der Waals surface area (Å²) in [6.07, 6.45) is 1.07. The number of hydrogen-bond acceptors (Lipinski definition) is 2. The number of aryl methyl sites for hydroxylation is 1. The van der Waals surface area contributed by atoms with Crippen LogP contribution in [-0.4, -0.2) is 11.4 Å². The normalized spacial score (nSPS) is 9.55. The maximum Gasteiger partial charge on any atom is 0.124 e. The van der Waals surface area contributed by atoms with Crippen molar-refractivity contribution in [2.45, 2.75) is 13.3 Å².